The fourth-order valence-electron chi connectivity index (χ4n) is 1.79. The van der Waals surface area contributed by atoms with Crippen molar-refractivity contribution in [2.24, 2.45) is 0 Å². The van der Waals surface area contributed by atoms with E-state index in [1.54, 1.807) is 0 Å². The van der Waals surface area contributed by atoms with Gasteiger partial charge in [-0.15, -0.1) is 0 Å². The highest BCUT2D eigenvalue weighted by Crippen LogP contribution is 2.29. The lowest BCUT2D eigenvalue weighted by atomic mass is 10.1. The number of aromatic nitrogens is 1. The van der Waals surface area contributed by atoms with Gasteiger partial charge in [0.2, 0.25) is 0 Å². The third-order valence-corrected chi connectivity index (χ3v) is 2.79. The molecule has 7 heteroatoms. The second-order valence-electron chi connectivity index (χ2n) is 4.24. The van der Waals surface area contributed by atoms with Crippen LogP contribution in [0.5, 0.6) is 0 Å². The molecule has 1 heterocycles. The van der Waals surface area contributed by atoms with Crippen molar-refractivity contribution in [3.63, 3.8) is 0 Å². The zero-order valence-electron chi connectivity index (χ0n) is 11.3. The first kappa shape index (κ1) is 16.4. The van der Waals surface area contributed by atoms with Crippen LogP contribution in [-0.4, -0.2) is 24.1 Å². The number of pyridine rings is 1. The van der Waals surface area contributed by atoms with Crippen LogP contribution in [0.15, 0.2) is 16.9 Å². The van der Waals surface area contributed by atoms with E-state index in [0.717, 1.165) is 12.1 Å². The van der Waals surface area contributed by atoms with Gasteiger partial charge in [0, 0.05) is 38.3 Å². The molecule has 0 aliphatic carbocycles. The molecule has 4 nitrogen and oxygen atoms in total. The van der Waals surface area contributed by atoms with Crippen molar-refractivity contribution < 1.29 is 22.7 Å². The molecule has 1 rings (SSSR count). The van der Waals surface area contributed by atoms with E-state index in [9.17, 15) is 22.8 Å². The van der Waals surface area contributed by atoms with Crippen molar-refractivity contribution in [1.82, 2.24) is 4.57 Å². The number of halogens is 3. The van der Waals surface area contributed by atoms with Gasteiger partial charge in [0.05, 0.1) is 0 Å². The number of carbonyl (C=O) groups excluding carboxylic acids is 1. The lowest BCUT2D eigenvalue weighted by Crippen LogP contribution is -2.29. The average Bonchev–Trinajstić information content (AvgIpc) is 2.38. The molecule has 0 atom stereocenters. The van der Waals surface area contributed by atoms with Gasteiger partial charge in [0.15, 0.2) is 5.78 Å². The Morgan fingerprint density at radius 2 is 2.00 bits per heavy atom. The third kappa shape index (κ3) is 3.93. The molecule has 0 aromatic carbocycles. The van der Waals surface area contributed by atoms with Crippen molar-refractivity contribution >= 4 is 5.78 Å². The van der Waals surface area contributed by atoms with Gasteiger partial charge in [-0.05, 0) is 12.5 Å². The molecule has 0 spiro atoms. The van der Waals surface area contributed by atoms with E-state index in [1.165, 1.54) is 14.0 Å². The van der Waals surface area contributed by atoms with Crippen molar-refractivity contribution in [1.29, 1.82) is 0 Å². The number of alkyl halides is 3. The summed E-state index contributed by atoms with van der Waals surface area (Å²) >= 11 is 0. The maximum Gasteiger partial charge on any atom is 0.431 e. The number of hydrogen-bond donors (Lipinski definition) is 0. The van der Waals surface area contributed by atoms with E-state index in [1.807, 2.05) is 0 Å². The molecule has 0 amide bonds. The normalized spacial score (nSPS) is 11.7. The van der Waals surface area contributed by atoms with Gasteiger partial charge >= 0.3 is 6.18 Å². The Balaban J connectivity index is 3.28. The number of methoxy groups -OCH3 is 1. The summed E-state index contributed by atoms with van der Waals surface area (Å²) in [4.78, 5) is 23.3. The minimum atomic E-state index is -4.68. The minimum absolute atomic E-state index is 0.0461. The van der Waals surface area contributed by atoms with Crippen LogP contribution in [0.4, 0.5) is 13.2 Å². The van der Waals surface area contributed by atoms with Gasteiger partial charge in [0.1, 0.15) is 5.69 Å². The Kier molecular flexibility index (Phi) is 5.50. The molecule has 0 N–H and O–H groups in total. The molecule has 1 aromatic rings. The molecule has 0 saturated heterocycles. The smallest absolute Gasteiger partial charge is 0.385 e. The fourth-order valence-corrected chi connectivity index (χ4v) is 1.79. The van der Waals surface area contributed by atoms with Crippen molar-refractivity contribution in [3.8, 4) is 0 Å². The minimum Gasteiger partial charge on any atom is -0.385 e. The Bertz CT molecular complexity index is 535. The summed E-state index contributed by atoms with van der Waals surface area (Å²) in [5, 5.41) is 0. The topological polar surface area (TPSA) is 48.3 Å². The summed E-state index contributed by atoms with van der Waals surface area (Å²) in [7, 11) is 1.43. The summed E-state index contributed by atoms with van der Waals surface area (Å²) in [6.45, 7) is 1.67. The highest BCUT2D eigenvalue weighted by Gasteiger charge is 2.35. The van der Waals surface area contributed by atoms with Gasteiger partial charge in [-0.3, -0.25) is 9.59 Å². The van der Waals surface area contributed by atoms with E-state index in [-0.39, 0.29) is 31.6 Å². The van der Waals surface area contributed by atoms with Crippen molar-refractivity contribution in [2.75, 3.05) is 13.7 Å². The highest BCUT2D eigenvalue weighted by atomic mass is 19.4. The van der Waals surface area contributed by atoms with Gasteiger partial charge in [-0.25, -0.2) is 0 Å². The molecule has 0 aliphatic rings. The third-order valence-electron chi connectivity index (χ3n) is 2.79. The van der Waals surface area contributed by atoms with Crippen LogP contribution in [0, 0.1) is 0 Å². The Labute approximate surface area is 114 Å². The van der Waals surface area contributed by atoms with Crippen LogP contribution in [-0.2, 0) is 17.5 Å². The summed E-state index contributed by atoms with van der Waals surface area (Å²) in [5.41, 5.74) is -2.13. The molecule has 0 unspecified atom stereocenters. The molecule has 0 bridgehead atoms. The second-order valence-corrected chi connectivity index (χ2v) is 4.24. The largest absolute Gasteiger partial charge is 0.431 e. The Hall–Kier alpha value is -1.63. The predicted molar refractivity (Wildman–Crippen MR) is 66.8 cm³/mol. The maximum absolute atomic E-state index is 13.0. The molecule has 0 radical (unpaired) electrons. The van der Waals surface area contributed by atoms with Gasteiger partial charge < -0.3 is 9.30 Å². The van der Waals surface area contributed by atoms with Crippen LogP contribution >= 0.6 is 0 Å². The number of carbonyl (C=O) groups is 1. The Morgan fingerprint density at radius 1 is 1.35 bits per heavy atom. The van der Waals surface area contributed by atoms with Gasteiger partial charge in [0.25, 0.3) is 5.56 Å². The lowest BCUT2D eigenvalue weighted by molar-refractivity contribution is -0.144. The first-order valence-corrected chi connectivity index (χ1v) is 6.15. The van der Waals surface area contributed by atoms with Crippen LogP contribution in [0.3, 0.4) is 0 Å². The average molecular weight is 291 g/mol. The molecule has 0 saturated carbocycles. The molecule has 20 heavy (non-hydrogen) atoms. The number of ether oxygens (including phenoxy) is 1. The van der Waals surface area contributed by atoms with Crippen molar-refractivity contribution in [2.45, 2.75) is 32.5 Å². The number of hydrogen-bond acceptors (Lipinski definition) is 3. The summed E-state index contributed by atoms with van der Waals surface area (Å²) in [5.74, 6) is -0.489. The zero-order chi connectivity index (χ0) is 15.3. The van der Waals surface area contributed by atoms with Crippen LogP contribution in [0.1, 0.15) is 35.8 Å². The number of rotatable bonds is 6. The second kappa shape index (κ2) is 6.69. The summed E-state index contributed by atoms with van der Waals surface area (Å²) in [6.07, 6.45) is -4.36. The van der Waals surface area contributed by atoms with Crippen LogP contribution in [0.2, 0.25) is 0 Å². The highest BCUT2D eigenvalue weighted by molar-refractivity contribution is 5.95. The summed E-state index contributed by atoms with van der Waals surface area (Å²) in [6, 6.07) is 1.69. The Morgan fingerprint density at radius 3 is 2.50 bits per heavy atom. The standard InChI is InChI=1S/C13H16F3NO3/c1-3-10(18)9-7-11(13(14,15)16)17(12(19)8-9)5-4-6-20-2/h7-8H,3-6H2,1-2H3. The zero-order valence-corrected chi connectivity index (χ0v) is 11.3. The first-order valence-electron chi connectivity index (χ1n) is 6.15. The number of nitrogens with zero attached hydrogens (tertiary/aromatic N) is 1. The predicted octanol–water partition coefficient (Wildman–Crippen LogP) is 2.50. The van der Waals surface area contributed by atoms with Crippen LogP contribution in [0.25, 0.3) is 0 Å². The molecular formula is C13H16F3NO3. The monoisotopic (exact) mass is 291 g/mol. The van der Waals surface area contributed by atoms with Crippen LogP contribution < -0.4 is 5.56 Å². The number of ketones is 1. The van der Waals surface area contributed by atoms with Gasteiger partial charge in [-0.1, -0.05) is 6.92 Å². The van der Waals surface area contributed by atoms with E-state index < -0.39 is 23.2 Å². The molecule has 112 valence electrons. The first-order chi connectivity index (χ1) is 9.31. The van der Waals surface area contributed by atoms with E-state index in [4.69, 9.17) is 4.74 Å². The quantitative estimate of drug-likeness (QED) is 0.597. The fraction of sp³-hybridized carbons (Fsp3) is 0.538. The van der Waals surface area contributed by atoms with E-state index in [0.29, 0.717) is 4.57 Å². The molecule has 0 fully saturated rings. The lowest BCUT2D eigenvalue weighted by Gasteiger charge is -2.16. The van der Waals surface area contributed by atoms with Crippen molar-refractivity contribution in [3.05, 3.63) is 33.7 Å². The van der Waals surface area contributed by atoms with E-state index in [2.05, 4.69) is 0 Å². The van der Waals surface area contributed by atoms with Gasteiger partial charge in [-0.2, -0.15) is 13.2 Å². The SMILES string of the molecule is CCC(=O)c1cc(C(F)(F)F)n(CCCOC)c(=O)c1. The molecule has 0 aliphatic heterocycles. The molecule has 1 aromatic heterocycles. The van der Waals surface area contributed by atoms with E-state index >= 15 is 0 Å². The maximum atomic E-state index is 13.0. The molecular weight excluding hydrogens is 275 g/mol. The summed E-state index contributed by atoms with van der Waals surface area (Å²) < 4.78 is 44.3. The number of Topliss-reactive ketones (excluding diaryl/α,β-unsaturated/α-hetero) is 1.